The van der Waals surface area contributed by atoms with Crippen LogP contribution in [0, 0.1) is 0 Å². The Hall–Kier alpha value is -1.55. The van der Waals surface area contributed by atoms with E-state index in [-0.39, 0.29) is 5.78 Å². The number of Topliss-reactive ketones (excluding diaryl/α,β-unsaturated/α-hetero) is 1. The zero-order chi connectivity index (χ0) is 12.8. The molecule has 0 aliphatic rings. The average molecular weight is 250 g/mol. The Bertz CT molecular complexity index is 464. The number of benzene rings is 1. The van der Waals surface area contributed by atoms with Crippen LogP contribution in [0.15, 0.2) is 29.2 Å². The number of carboxylic acids is 1. The lowest BCUT2D eigenvalue weighted by Gasteiger charge is -2.06. The van der Waals surface area contributed by atoms with Crippen LogP contribution in [0.4, 0.5) is 0 Å². The Kier molecular flexibility index (Phi) is 4.97. The maximum atomic E-state index is 11.2. The van der Waals surface area contributed by atoms with Crippen LogP contribution in [0.2, 0.25) is 0 Å². The summed E-state index contributed by atoms with van der Waals surface area (Å²) >= 11 is 1.59. The number of ketones is 1. The molecule has 1 aromatic rings. The Labute approximate surface area is 105 Å². The second kappa shape index (κ2) is 6.25. The first-order chi connectivity index (χ1) is 8.02. The summed E-state index contributed by atoms with van der Waals surface area (Å²) in [5.74, 6) is -0.930. The number of thioether (sulfide) groups is 1. The monoisotopic (exact) mass is 250 g/mol. The SMILES string of the molecule is CSc1ccc(/C=C/C(=O)O)c(CC(C)=O)c1. The summed E-state index contributed by atoms with van der Waals surface area (Å²) in [4.78, 5) is 22.7. The maximum absolute atomic E-state index is 11.2. The molecule has 90 valence electrons. The van der Waals surface area contributed by atoms with Gasteiger partial charge in [-0.1, -0.05) is 6.07 Å². The van der Waals surface area contributed by atoms with E-state index >= 15 is 0 Å². The molecule has 1 rings (SSSR count). The number of hydrogen-bond donors (Lipinski definition) is 1. The average Bonchev–Trinajstić information content (AvgIpc) is 2.26. The molecule has 0 fully saturated rings. The number of rotatable bonds is 5. The van der Waals surface area contributed by atoms with Crippen LogP contribution >= 0.6 is 11.8 Å². The van der Waals surface area contributed by atoms with Crippen molar-refractivity contribution in [1.82, 2.24) is 0 Å². The molecule has 0 unspecified atom stereocenters. The first kappa shape index (κ1) is 13.5. The van der Waals surface area contributed by atoms with Gasteiger partial charge in [0.15, 0.2) is 0 Å². The minimum Gasteiger partial charge on any atom is -0.478 e. The zero-order valence-corrected chi connectivity index (χ0v) is 10.6. The summed E-state index contributed by atoms with van der Waals surface area (Å²) in [5, 5.41) is 8.59. The molecule has 17 heavy (non-hydrogen) atoms. The fraction of sp³-hybridized carbons (Fsp3) is 0.231. The lowest BCUT2D eigenvalue weighted by molar-refractivity contribution is -0.131. The van der Waals surface area contributed by atoms with Gasteiger partial charge < -0.3 is 5.11 Å². The van der Waals surface area contributed by atoms with Crippen molar-refractivity contribution in [3.63, 3.8) is 0 Å². The molecule has 0 aliphatic carbocycles. The van der Waals surface area contributed by atoms with Crippen LogP contribution in [-0.2, 0) is 16.0 Å². The lowest BCUT2D eigenvalue weighted by atomic mass is 10.0. The van der Waals surface area contributed by atoms with Crippen molar-refractivity contribution in [1.29, 1.82) is 0 Å². The van der Waals surface area contributed by atoms with Gasteiger partial charge in [-0.15, -0.1) is 11.8 Å². The molecule has 0 saturated carbocycles. The number of carboxylic acid groups (broad SMARTS) is 1. The highest BCUT2D eigenvalue weighted by Gasteiger charge is 2.04. The van der Waals surface area contributed by atoms with E-state index in [2.05, 4.69) is 0 Å². The molecule has 0 atom stereocenters. The van der Waals surface area contributed by atoms with Crippen molar-refractivity contribution < 1.29 is 14.7 Å². The minimum atomic E-state index is -0.993. The molecule has 0 saturated heterocycles. The van der Waals surface area contributed by atoms with Crippen molar-refractivity contribution in [2.24, 2.45) is 0 Å². The summed E-state index contributed by atoms with van der Waals surface area (Å²) < 4.78 is 0. The van der Waals surface area contributed by atoms with Crippen LogP contribution < -0.4 is 0 Å². The van der Waals surface area contributed by atoms with Gasteiger partial charge >= 0.3 is 5.97 Å². The van der Waals surface area contributed by atoms with Crippen LogP contribution in [-0.4, -0.2) is 23.1 Å². The normalized spacial score (nSPS) is 10.7. The number of hydrogen-bond acceptors (Lipinski definition) is 3. The second-order valence-corrected chi connectivity index (χ2v) is 4.49. The molecule has 0 aliphatic heterocycles. The van der Waals surface area contributed by atoms with Crippen molar-refractivity contribution in [3.8, 4) is 0 Å². The zero-order valence-electron chi connectivity index (χ0n) is 9.77. The molecule has 0 amide bonds. The molecule has 1 N–H and O–H groups in total. The van der Waals surface area contributed by atoms with Crippen molar-refractivity contribution in [3.05, 3.63) is 35.4 Å². The molecule has 0 radical (unpaired) electrons. The Morgan fingerprint density at radius 2 is 2.12 bits per heavy atom. The highest BCUT2D eigenvalue weighted by atomic mass is 32.2. The Morgan fingerprint density at radius 3 is 2.65 bits per heavy atom. The van der Waals surface area contributed by atoms with Crippen LogP contribution in [0.5, 0.6) is 0 Å². The third kappa shape index (κ3) is 4.44. The van der Waals surface area contributed by atoms with E-state index in [1.165, 1.54) is 13.0 Å². The molecule has 1 aromatic carbocycles. The van der Waals surface area contributed by atoms with E-state index in [1.54, 1.807) is 11.8 Å². The first-order valence-corrected chi connectivity index (χ1v) is 6.32. The van der Waals surface area contributed by atoms with Gasteiger partial charge in [-0.05, 0) is 42.5 Å². The fourth-order valence-corrected chi connectivity index (χ4v) is 1.92. The lowest BCUT2D eigenvalue weighted by Crippen LogP contribution is -1.99. The van der Waals surface area contributed by atoms with E-state index in [4.69, 9.17) is 5.11 Å². The van der Waals surface area contributed by atoms with Gasteiger partial charge in [0.25, 0.3) is 0 Å². The van der Waals surface area contributed by atoms with Gasteiger partial charge in [-0.3, -0.25) is 4.79 Å². The van der Waals surface area contributed by atoms with Crippen LogP contribution in [0.25, 0.3) is 6.08 Å². The van der Waals surface area contributed by atoms with Gasteiger partial charge in [0.05, 0.1) is 0 Å². The van der Waals surface area contributed by atoms with E-state index in [0.29, 0.717) is 6.42 Å². The van der Waals surface area contributed by atoms with Crippen molar-refractivity contribution in [2.75, 3.05) is 6.26 Å². The van der Waals surface area contributed by atoms with Gasteiger partial charge in [-0.25, -0.2) is 4.79 Å². The largest absolute Gasteiger partial charge is 0.478 e. The third-order valence-corrected chi connectivity index (χ3v) is 2.92. The summed E-state index contributed by atoms with van der Waals surface area (Å²) in [6, 6.07) is 5.67. The number of carbonyl (C=O) groups is 2. The molecule has 0 bridgehead atoms. The molecular weight excluding hydrogens is 236 g/mol. The van der Waals surface area contributed by atoms with E-state index < -0.39 is 5.97 Å². The molecule has 3 nitrogen and oxygen atoms in total. The van der Waals surface area contributed by atoms with Gasteiger partial charge in [0.1, 0.15) is 5.78 Å². The quantitative estimate of drug-likeness (QED) is 0.644. The third-order valence-electron chi connectivity index (χ3n) is 2.20. The molecular formula is C13H14O3S. The fourth-order valence-electron chi connectivity index (χ4n) is 1.45. The van der Waals surface area contributed by atoms with Crippen molar-refractivity contribution >= 4 is 29.6 Å². The van der Waals surface area contributed by atoms with Crippen LogP contribution in [0.1, 0.15) is 18.1 Å². The summed E-state index contributed by atoms with van der Waals surface area (Å²) in [7, 11) is 0. The smallest absolute Gasteiger partial charge is 0.328 e. The van der Waals surface area contributed by atoms with Crippen molar-refractivity contribution in [2.45, 2.75) is 18.2 Å². The highest BCUT2D eigenvalue weighted by molar-refractivity contribution is 7.98. The molecule has 0 heterocycles. The summed E-state index contributed by atoms with van der Waals surface area (Å²) in [5.41, 5.74) is 1.64. The van der Waals surface area contributed by atoms with E-state index in [1.807, 2.05) is 24.5 Å². The van der Waals surface area contributed by atoms with E-state index in [0.717, 1.165) is 22.1 Å². The Morgan fingerprint density at radius 1 is 1.41 bits per heavy atom. The Balaban J connectivity index is 3.09. The molecule has 4 heteroatoms. The number of carbonyl (C=O) groups excluding carboxylic acids is 1. The van der Waals surface area contributed by atoms with Gasteiger partial charge in [-0.2, -0.15) is 0 Å². The van der Waals surface area contributed by atoms with E-state index in [9.17, 15) is 9.59 Å². The molecule has 0 spiro atoms. The summed E-state index contributed by atoms with van der Waals surface area (Å²) in [6.45, 7) is 1.52. The number of aliphatic carboxylic acids is 1. The predicted molar refractivity (Wildman–Crippen MR) is 69.3 cm³/mol. The van der Waals surface area contributed by atoms with Crippen LogP contribution in [0.3, 0.4) is 0 Å². The topological polar surface area (TPSA) is 54.4 Å². The highest BCUT2D eigenvalue weighted by Crippen LogP contribution is 2.21. The van der Waals surface area contributed by atoms with Gasteiger partial charge in [0.2, 0.25) is 0 Å². The predicted octanol–water partition coefficient (Wildman–Crippen LogP) is 2.64. The molecule has 0 aromatic heterocycles. The summed E-state index contributed by atoms with van der Waals surface area (Å²) in [6.07, 6.45) is 4.88. The standard InChI is InChI=1S/C13H14O3S/c1-9(14)7-11-8-12(17-2)5-3-10(11)4-6-13(15)16/h3-6,8H,7H2,1-2H3,(H,15,16)/b6-4+. The minimum absolute atomic E-state index is 0.0632. The first-order valence-electron chi connectivity index (χ1n) is 5.10. The maximum Gasteiger partial charge on any atom is 0.328 e. The second-order valence-electron chi connectivity index (χ2n) is 3.62. The van der Waals surface area contributed by atoms with Gasteiger partial charge in [0, 0.05) is 17.4 Å².